The zero-order valence-corrected chi connectivity index (χ0v) is 16.6. The Labute approximate surface area is 160 Å². The van der Waals surface area contributed by atoms with Gasteiger partial charge in [0.15, 0.2) is 5.69 Å². The molecule has 146 valence electrons. The van der Waals surface area contributed by atoms with Gasteiger partial charge in [-0.2, -0.15) is 0 Å². The van der Waals surface area contributed by atoms with Gasteiger partial charge in [0.25, 0.3) is 5.91 Å². The molecule has 2 unspecified atom stereocenters. The summed E-state index contributed by atoms with van der Waals surface area (Å²) in [5.41, 5.74) is 8.08. The first-order valence-electron chi connectivity index (χ1n) is 9.64. The zero-order chi connectivity index (χ0) is 19.6. The number of carbonyl (C=O) groups is 1. The summed E-state index contributed by atoms with van der Waals surface area (Å²) in [7, 11) is 0. The highest BCUT2D eigenvalue weighted by Crippen LogP contribution is 2.23. The molecule has 3 rings (SSSR count). The standard InChI is InChI=1S/C20H29N5O2/c1-13(2)27-17-10-8-16(9-11-17)25-15(4)19(22-23-25)20(26)24-12-6-5-7-18(24)14(3)21/h8-11,13-14,18H,5-7,12,21H2,1-4H3. The third-order valence-electron chi connectivity index (χ3n) is 4.97. The Balaban J connectivity index is 1.83. The lowest BCUT2D eigenvalue weighted by molar-refractivity contribution is 0.0577. The predicted octanol–water partition coefficient (Wildman–Crippen LogP) is 2.70. The third-order valence-corrected chi connectivity index (χ3v) is 4.97. The Hall–Kier alpha value is -2.41. The summed E-state index contributed by atoms with van der Waals surface area (Å²) in [5, 5.41) is 8.39. The number of likely N-dealkylation sites (tertiary alicyclic amines) is 1. The van der Waals surface area contributed by atoms with Crippen molar-refractivity contribution in [2.45, 2.75) is 65.1 Å². The van der Waals surface area contributed by atoms with Gasteiger partial charge in [0.2, 0.25) is 0 Å². The summed E-state index contributed by atoms with van der Waals surface area (Å²) in [6.45, 7) is 8.53. The van der Waals surface area contributed by atoms with E-state index in [0.29, 0.717) is 5.69 Å². The molecule has 7 nitrogen and oxygen atoms in total. The first-order chi connectivity index (χ1) is 12.9. The molecule has 1 aromatic heterocycles. The van der Waals surface area contributed by atoms with Gasteiger partial charge < -0.3 is 15.4 Å². The van der Waals surface area contributed by atoms with Gasteiger partial charge in [0, 0.05) is 18.6 Å². The molecule has 0 aliphatic carbocycles. The molecule has 1 saturated heterocycles. The van der Waals surface area contributed by atoms with Crippen LogP contribution in [-0.4, -0.2) is 50.5 Å². The number of hydrogen-bond acceptors (Lipinski definition) is 5. The summed E-state index contributed by atoms with van der Waals surface area (Å²) in [5.74, 6) is 0.719. The number of ether oxygens (including phenoxy) is 1. The van der Waals surface area contributed by atoms with Crippen molar-refractivity contribution < 1.29 is 9.53 Å². The topological polar surface area (TPSA) is 86.3 Å². The number of rotatable bonds is 5. The Kier molecular flexibility index (Phi) is 5.79. The van der Waals surface area contributed by atoms with Crippen molar-refractivity contribution in [1.29, 1.82) is 0 Å². The lowest BCUT2D eigenvalue weighted by atomic mass is 9.96. The van der Waals surface area contributed by atoms with Crippen LogP contribution in [0.15, 0.2) is 24.3 Å². The Morgan fingerprint density at radius 1 is 1.22 bits per heavy atom. The Morgan fingerprint density at radius 2 is 1.93 bits per heavy atom. The molecule has 0 bridgehead atoms. The van der Waals surface area contributed by atoms with Crippen molar-refractivity contribution in [3.8, 4) is 11.4 Å². The van der Waals surface area contributed by atoms with Crippen LogP contribution in [-0.2, 0) is 0 Å². The Morgan fingerprint density at radius 3 is 2.56 bits per heavy atom. The van der Waals surface area contributed by atoms with E-state index in [2.05, 4.69) is 10.3 Å². The molecular formula is C20H29N5O2. The maximum Gasteiger partial charge on any atom is 0.276 e. The van der Waals surface area contributed by atoms with Gasteiger partial charge in [-0.25, -0.2) is 4.68 Å². The minimum Gasteiger partial charge on any atom is -0.491 e. The number of aromatic nitrogens is 3. The minimum atomic E-state index is -0.0829. The van der Waals surface area contributed by atoms with Crippen molar-refractivity contribution in [3.63, 3.8) is 0 Å². The van der Waals surface area contributed by atoms with E-state index in [0.717, 1.165) is 42.9 Å². The molecule has 0 radical (unpaired) electrons. The van der Waals surface area contributed by atoms with Crippen LogP contribution in [0.1, 0.15) is 56.2 Å². The van der Waals surface area contributed by atoms with E-state index in [9.17, 15) is 4.79 Å². The summed E-state index contributed by atoms with van der Waals surface area (Å²) >= 11 is 0. The normalized spacial score (nSPS) is 18.6. The summed E-state index contributed by atoms with van der Waals surface area (Å²) in [6, 6.07) is 7.63. The van der Waals surface area contributed by atoms with E-state index in [1.165, 1.54) is 0 Å². The van der Waals surface area contributed by atoms with Crippen LogP contribution in [0.3, 0.4) is 0 Å². The molecule has 1 amide bonds. The first kappa shape index (κ1) is 19.4. The molecule has 2 atom stereocenters. The van der Waals surface area contributed by atoms with Crippen LogP contribution in [0, 0.1) is 6.92 Å². The van der Waals surface area contributed by atoms with E-state index in [1.54, 1.807) is 4.68 Å². The van der Waals surface area contributed by atoms with Crippen molar-refractivity contribution >= 4 is 5.91 Å². The fourth-order valence-corrected chi connectivity index (χ4v) is 3.60. The van der Waals surface area contributed by atoms with Gasteiger partial charge in [-0.05, 0) is 71.2 Å². The maximum absolute atomic E-state index is 13.1. The fourth-order valence-electron chi connectivity index (χ4n) is 3.60. The molecule has 1 fully saturated rings. The van der Waals surface area contributed by atoms with E-state index in [-0.39, 0.29) is 24.1 Å². The van der Waals surface area contributed by atoms with Crippen LogP contribution >= 0.6 is 0 Å². The average Bonchev–Trinajstić information content (AvgIpc) is 3.02. The smallest absolute Gasteiger partial charge is 0.276 e. The molecule has 0 spiro atoms. The number of nitrogens with zero attached hydrogens (tertiary/aromatic N) is 4. The highest BCUT2D eigenvalue weighted by Gasteiger charge is 2.32. The minimum absolute atomic E-state index is 0.0573. The number of carbonyl (C=O) groups excluding carboxylic acids is 1. The van der Waals surface area contributed by atoms with E-state index in [4.69, 9.17) is 10.5 Å². The molecule has 1 aliphatic rings. The molecule has 1 aromatic carbocycles. The maximum atomic E-state index is 13.1. The molecule has 0 saturated carbocycles. The van der Waals surface area contributed by atoms with Gasteiger partial charge in [0.1, 0.15) is 5.75 Å². The summed E-state index contributed by atoms with van der Waals surface area (Å²) in [6.07, 6.45) is 3.16. The van der Waals surface area contributed by atoms with Crippen LogP contribution in [0.4, 0.5) is 0 Å². The fraction of sp³-hybridized carbons (Fsp3) is 0.550. The molecule has 2 heterocycles. The number of piperidine rings is 1. The quantitative estimate of drug-likeness (QED) is 0.873. The monoisotopic (exact) mass is 371 g/mol. The van der Waals surface area contributed by atoms with Crippen LogP contribution < -0.4 is 10.5 Å². The number of nitrogens with two attached hydrogens (primary N) is 1. The van der Waals surface area contributed by atoms with Crippen LogP contribution in [0.5, 0.6) is 5.75 Å². The second-order valence-electron chi connectivity index (χ2n) is 7.52. The van der Waals surface area contributed by atoms with Crippen LogP contribution in [0.2, 0.25) is 0 Å². The second-order valence-corrected chi connectivity index (χ2v) is 7.52. The second kappa shape index (κ2) is 8.08. The Bertz CT molecular complexity index is 782. The largest absolute Gasteiger partial charge is 0.491 e. The van der Waals surface area contributed by atoms with E-state index < -0.39 is 0 Å². The van der Waals surface area contributed by atoms with Gasteiger partial charge in [-0.3, -0.25) is 4.79 Å². The van der Waals surface area contributed by atoms with Crippen molar-refractivity contribution in [2.24, 2.45) is 5.73 Å². The first-order valence-corrected chi connectivity index (χ1v) is 9.64. The summed E-state index contributed by atoms with van der Waals surface area (Å²) in [4.78, 5) is 15.0. The lowest BCUT2D eigenvalue weighted by Crippen LogP contribution is -2.51. The molecular weight excluding hydrogens is 342 g/mol. The average molecular weight is 371 g/mol. The number of benzene rings is 1. The SMILES string of the molecule is Cc1c(C(=O)N2CCCCC2C(C)N)nnn1-c1ccc(OC(C)C)cc1. The van der Waals surface area contributed by atoms with Crippen molar-refractivity contribution in [2.75, 3.05) is 6.54 Å². The molecule has 27 heavy (non-hydrogen) atoms. The lowest BCUT2D eigenvalue weighted by Gasteiger charge is -2.37. The number of hydrogen-bond donors (Lipinski definition) is 1. The van der Waals surface area contributed by atoms with Crippen molar-refractivity contribution in [1.82, 2.24) is 19.9 Å². The molecule has 1 aliphatic heterocycles. The van der Waals surface area contributed by atoms with Crippen molar-refractivity contribution in [3.05, 3.63) is 35.7 Å². The zero-order valence-electron chi connectivity index (χ0n) is 16.6. The van der Waals surface area contributed by atoms with E-state index >= 15 is 0 Å². The predicted molar refractivity (Wildman–Crippen MR) is 104 cm³/mol. The van der Waals surface area contributed by atoms with Crippen LogP contribution in [0.25, 0.3) is 5.69 Å². The molecule has 2 N–H and O–H groups in total. The van der Waals surface area contributed by atoms with Gasteiger partial charge >= 0.3 is 0 Å². The van der Waals surface area contributed by atoms with E-state index in [1.807, 2.05) is 56.9 Å². The van der Waals surface area contributed by atoms with Gasteiger partial charge in [-0.15, -0.1) is 5.10 Å². The third kappa shape index (κ3) is 4.13. The molecule has 7 heteroatoms. The summed E-state index contributed by atoms with van der Waals surface area (Å²) < 4.78 is 7.37. The molecule has 2 aromatic rings. The van der Waals surface area contributed by atoms with Gasteiger partial charge in [-0.1, -0.05) is 5.21 Å². The number of amides is 1. The highest BCUT2D eigenvalue weighted by molar-refractivity contribution is 5.93. The van der Waals surface area contributed by atoms with Gasteiger partial charge in [0.05, 0.1) is 17.5 Å². The highest BCUT2D eigenvalue weighted by atomic mass is 16.5.